The third kappa shape index (κ3) is 4.07. The van der Waals surface area contributed by atoms with Gasteiger partial charge < -0.3 is 14.8 Å². The molecule has 0 spiro atoms. The predicted octanol–water partition coefficient (Wildman–Crippen LogP) is 5.15. The molecule has 0 unspecified atom stereocenters. The molecule has 0 saturated heterocycles. The molecule has 0 fully saturated rings. The first-order chi connectivity index (χ1) is 14.7. The summed E-state index contributed by atoms with van der Waals surface area (Å²) in [5.74, 6) is 0.886. The van der Waals surface area contributed by atoms with Crippen LogP contribution in [0.1, 0.15) is 19.4 Å². The van der Waals surface area contributed by atoms with E-state index >= 15 is 0 Å². The number of benzene rings is 2. The Morgan fingerprint density at radius 2 is 1.77 bits per heavy atom. The van der Waals surface area contributed by atoms with Crippen LogP contribution in [0.4, 0.5) is 5.82 Å². The molecule has 0 radical (unpaired) electrons. The van der Waals surface area contributed by atoms with E-state index in [1.165, 1.54) is 5.56 Å². The third-order valence-corrected chi connectivity index (χ3v) is 5.56. The SMILES string of the molecule is CCN(CC)CCNc1ncnc2c1c(-c1ccccc1)cn2-c1cccc(C)c1. The lowest BCUT2D eigenvalue weighted by Gasteiger charge is -2.18. The van der Waals surface area contributed by atoms with Crippen molar-refractivity contribution in [2.45, 2.75) is 20.8 Å². The quantitative estimate of drug-likeness (QED) is 0.445. The summed E-state index contributed by atoms with van der Waals surface area (Å²) in [6, 6.07) is 19.0. The van der Waals surface area contributed by atoms with Gasteiger partial charge in [0.25, 0.3) is 0 Å². The minimum absolute atomic E-state index is 0.845. The summed E-state index contributed by atoms with van der Waals surface area (Å²) in [6.07, 6.45) is 3.84. The number of anilines is 1. The van der Waals surface area contributed by atoms with Crippen molar-refractivity contribution >= 4 is 16.9 Å². The summed E-state index contributed by atoms with van der Waals surface area (Å²) in [4.78, 5) is 11.7. The lowest BCUT2D eigenvalue weighted by molar-refractivity contribution is 0.316. The van der Waals surface area contributed by atoms with Crippen molar-refractivity contribution in [3.05, 3.63) is 72.7 Å². The molecular weight excluding hydrogens is 370 g/mol. The first-order valence-corrected chi connectivity index (χ1v) is 10.7. The monoisotopic (exact) mass is 399 g/mol. The minimum Gasteiger partial charge on any atom is -0.368 e. The van der Waals surface area contributed by atoms with Crippen LogP contribution in [-0.2, 0) is 0 Å². The van der Waals surface area contributed by atoms with Crippen LogP contribution in [0.3, 0.4) is 0 Å². The number of aryl methyl sites for hydroxylation is 1. The molecule has 2 aromatic heterocycles. The van der Waals surface area contributed by atoms with Crippen molar-refractivity contribution in [1.29, 1.82) is 0 Å². The lowest BCUT2D eigenvalue weighted by Crippen LogP contribution is -2.28. The van der Waals surface area contributed by atoms with Gasteiger partial charge in [-0.15, -0.1) is 0 Å². The summed E-state index contributed by atoms with van der Waals surface area (Å²) in [5, 5.41) is 4.63. The predicted molar refractivity (Wildman–Crippen MR) is 125 cm³/mol. The van der Waals surface area contributed by atoms with Gasteiger partial charge in [-0.25, -0.2) is 9.97 Å². The van der Waals surface area contributed by atoms with Crippen LogP contribution < -0.4 is 5.32 Å². The average molecular weight is 400 g/mol. The maximum atomic E-state index is 4.67. The normalized spacial score (nSPS) is 11.3. The summed E-state index contributed by atoms with van der Waals surface area (Å²) in [6.45, 7) is 10.4. The Morgan fingerprint density at radius 1 is 0.967 bits per heavy atom. The molecule has 4 aromatic rings. The fourth-order valence-corrected chi connectivity index (χ4v) is 3.88. The number of fused-ring (bicyclic) bond motifs is 1. The number of likely N-dealkylation sites (N-methyl/N-ethyl adjacent to an activating group) is 1. The molecule has 0 aliphatic rings. The molecule has 5 nitrogen and oxygen atoms in total. The number of aromatic nitrogens is 3. The highest BCUT2D eigenvalue weighted by atomic mass is 15.1. The third-order valence-electron chi connectivity index (χ3n) is 5.56. The molecule has 0 saturated carbocycles. The molecule has 0 atom stereocenters. The molecule has 30 heavy (non-hydrogen) atoms. The van der Waals surface area contributed by atoms with Crippen molar-refractivity contribution in [2.75, 3.05) is 31.5 Å². The number of nitrogens with zero attached hydrogens (tertiary/aromatic N) is 4. The highest BCUT2D eigenvalue weighted by Crippen LogP contribution is 2.35. The van der Waals surface area contributed by atoms with Crippen LogP contribution in [-0.4, -0.2) is 45.6 Å². The van der Waals surface area contributed by atoms with Crippen LogP contribution in [0.2, 0.25) is 0 Å². The van der Waals surface area contributed by atoms with E-state index in [1.807, 2.05) is 6.07 Å². The van der Waals surface area contributed by atoms with E-state index in [2.05, 4.69) is 100 Å². The second-order valence-electron chi connectivity index (χ2n) is 7.49. The molecule has 2 heterocycles. The van der Waals surface area contributed by atoms with Gasteiger partial charge in [-0.05, 0) is 43.3 Å². The maximum absolute atomic E-state index is 4.67. The summed E-state index contributed by atoms with van der Waals surface area (Å²) < 4.78 is 2.17. The summed E-state index contributed by atoms with van der Waals surface area (Å²) in [7, 11) is 0. The molecule has 0 amide bonds. The zero-order valence-corrected chi connectivity index (χ0v) is 18.0. The Labute approximate surface area is 178 Å². The fourth-order valence-electron chi connectivity index (χ4n) is 3.88. The Morgan fingerprint density at radius 3 is 2.50 bits per heavy atom. The van der Waals surface area contributed by atoms with Gasteiger partial charge in [0.1, 0.15) is 12.1 Å². The van der Waals surface area contributed by atoms with Gasteiger partial charge in [0.05, 0.1) is 5.39 Å². The number of nitrogens with one attached hydrogen (secondary N) is 1. The standard InChI is InChI=1S/C25H29N5/c1-4-29(5-2)15-14-26-24-23-22(20-11-7-6-8-12-20)17-30(25(23)28-18-27-24)21-13-9-10-19(3)16-21/h6-13,16-18H,4-5,14-15H2,1-3H3,(H,26,27,28). The molecule has 154 valence electrons. The summed E-state index contributed by atoms with van der Waals surface area (Å²) >= 11 is 0. The first-order valence-electron chi connectivity index (χ1n) is 10.7. The van der Waals surface area contributed by atoms with Gasteiger partial charge >= 0.3 is 0 Å². The largest absolute Gasteiger partial charge is 0.368 e. The molecular formula is C25H29N5. The second-order valence-corrected chi connectivity index (χ2v) is 7.49. The Hall–Kier alpha value is -3.18. The van der Waals surface area contributed by atoms with Gasteiger partial charge in [-0.1, -0.05) is 56.3 Å². The molecule has 2 aromatic carbocycles. The molecule has 0 bridgehead atoms. The van der Waals surface area contributed by atoms with E-state index in [0.717, 1.165) is 59.8 Å². The van der Waals surface area contributed by atoms with E-state index in [4.69, 9.17) is 0 Å². The summed E-state index contributed by atoms with van der Waals surface area (Å²) in [5.41, 5.74) is 5.55. The highest BCUT2D eigenvalue weighted by Gasteiger charge is 2.17. The zero-order chi connectivity index (χ0) is 20.9. The van der Waals surface area contributed by atoms with Crippen molar-refractivity contribution in [3.63, 3.8) is 0 Å². The van der Waals surface area contributed by atoms with Crippen LogP contribution in [0.15, 0.2) is 67.1 Å². The molecule has 0 aliphatic carbocycles. The van der Waals surface area contributed by atoms with Crippen LogP contribution in [0.25, 0.3) is 27.8 Å². The van der Waals surface area contributed by atoms with Crippen molar-refractivity contribution < 1.29 is 0 Å². The number of hydrogen-bond donors (Lipinski definition) is 1. The maximum Gasteiger partial charge on any atom is 0.150 e. The number of rotatable bonds is 8. The average Bonchev–Trinajstić information content (AvgIpc) is 3.18. The van der Waals surface area contributed by atoms with Crippen molar-refractivity contribution in [1.82, 2.24) is 19.4 Å². The minimum atomic E-state index is 0.845. The van der Waals surface area contributed by atoms with Crippen LogP contribution in [0.5, 0.6) is 0 Å². The van der Waals surface area contributed by atoms with Gasteiger partial charge in [0.15, 0.2) is 5.65 Å². The van der Waals surface area contributed by atoms with Crippen molar-refractivity contribution in [3.8, 4) is 16.8 Å². The number of hydrogen-bond acceptors (Lipinski definition) is 4. The van der Waals surface area contributed by atoms with Gasteiger partial charge in [0, 0.05) is 30.5 Å². The van der Waals surface area contributed by atoms with Crippen molar-refractivity contribution in [2.24, 2.45) is 0 Å². The Balaban J connectivity index is 1.81. The van der Waals surface area contributed by atoms with Crippen LogP contribution in [0, 0.1) is 6.92 Å². The van der Waals surface area contributed by atoms with Gasteiger partial charge in [0.2, 0.25) is 0 Å². The smallest absolute Gasteiger partial charge is 0.150 e. The van der Waals surface area contributed by atoms with E-state index < -0.39 is 0 Å². The first kappa shape index (κ1) is 20.1. The van der Waals surface area contributed by atoms with E-state index in [9.17, 15) is 0 Å². The zero-order valence-electron chi connectivity index (χ0n) is 18.0. The Kier molecular flexibility index (Phi) is 6.10. The van der Waals surface area contributed by atoms with Crippen LogP contribution >= 0.6 is 0 Å². The van der Waals surface area contributed by atoms with Gasteiger partial charge in [-0.3, -0.25) is 0 Å². The van der Waals surface area contributed by atoms with Gasteiger partial charge in [-0.2, -0.15) is 0 Å². The topological polar surface area (TPSA) is 46.0 Å². The highest BCUT2D eigenvalue weighted by molar-refractivity contribution is 6.02. The van der Waals surface area contributed by atoms with E-state index in [1.54, 1.807) is 6.33 Å². The van der Waals surface area contributed by atoms with E-state index in [0.29, 0.717) is 0 Å². The molecule has 4 rings (SSSR count). The molecule has 1 N–H and O–H groups in total. The Bertz CT molecular complexity index is 1110. The lowest BCUT2D eigenvalue weighted by atomic mass is 10.1. The fraction of sp³-hybridized carbons (Fsp3) is 0.280. The van der Waals surface area contributed by atoms with E-state index in [-0.39, 0.29) is 0 Å². The molecule has 5 heteroatoms. The molecule has 0 aliphatic heterocycles. The second kappa shape index (κ2) is 9.09.